The summed E-state index contributed by atoms with van der Waals surface area (Å²) in [5.41, 5.74) is 2.67. The molecule has 0 saturated carbocycles. The van der Waals surface area contributed by atoms with Gasteiger partial charge in [-0.1, -0.05) is 43.7 Å². The van der Waals surface area contributed by atoms with Crippen molar-refractivity contribution < 1.29 is 0 Å². The van der Waals surface area contributed by atoms with Crippen LogP contribution in [0.2, 0.25) is 5.02 Å². The number of halogens is 1. The molecule has 0 spiro atoms. The second kappa shape index (κ2) is 5.24. The Balaban J connectivity index is 2.28. The van der Waals surface area contributed by atoms with Gasteiger partial charge in [0.15, 0.2) is 0 Å². The van der Waals surface area contributed by atoms with E-state index in [1.165, 1.54) is 30.4 Å². The third-order valence-electron chi connectivity index (χ3n) is 3.79. The molecule has 1 atom stereocenters. The lowest BCUT2D eigenvalue weighted by atomic mass is 9.74. The molecule has 0 aromatic heterocycles. The lowest BCUT2D eigenvalue weighted by Gasteiger charge is -2.31. The number of benzene rings is 1. The van der Waals surface area contributed by atoms with Crippen LogP contribution in [0.4, 0.5) is 0 Å². The fourth-order valence-electron chi connectivity index (χ4n) is 2.83. The molecule has 1 fully saturated rings. The molecule has 1 unspecified atom stereocenters. The number of hydrogen-bond donors (Lipinski definition) is 1. The van der Waals surface area contributed by atoms with E-state index < -0.39 is 0 Å². The molecule has 1 heterocycles. The molecule has 0 aliphatic carbocycles. The van der Waals surface area contributed by atoms with E-state index in [1.54, 1.807) is 0 Å². The number of nitrogens with one attached hydrogen (secondary N) is 1. The van der Waals surface area contributed by atoms with Gasteiger partial charge in [-0.25, -0.2) is 0 Å². The largest absolute Gasteiger partial charge is 0.316 e. The lowest BCUT2D eigenvalue weighted by Crippen LogP contribution is -2.25. The molecule has 17 heavy (non-hydrogen) atoms. The van der Waals surface area contributed by atoms with E-state index in [9.17, 15) is 0 Å². The molecule has 92 valence electrons. The van der Waals surface area contributed by atoms with Crippen molar-refractivity contribution in [2.75, 3.05) is 13.1 Å². The van der Waals surface area contributed by atoms with Crippen molar-refractivity contribution in [3.63, 3.8) is 0 Å². The predicted octanol–water partition coefficient (Wildman–Crippen LogP) is 4.13. The molecule has 0 bridgehead atoms. The quantitative estimate of drug-likeness (QED) is 0.846. The zero-order chi connectivity index (χ0) is 12.3. The molecule has 1 aliphatic heterocycles. The topological polar surface area (TPSA) is 12.0 Å². The van der Waals surface area contributed by atoms with Crippen LogP contribution in [0.25, 0.3) is 5.57 Å². The Morgan fingerprint density at radius 1 is 1.53 bits per heavy atom. The Morgan fingerprint density at radius 2 is 2.35 bits per heavy atom. The van der Waals surface area contributed by atoms with E-state index in [4.69, 9.17) is 11.6 Å². The lowest BCUT2D eigenvalue weighted by molar-refractivity contribution is 0.404. The van der Waals surface area contributed by atoms with Gasteiger partial charge in [0, 0.05) is 17.0 Å². The third-order valence-corrected chi connectivity index (χ3v) is 4.02. The summed E-state index contributed by atoms with van der Waals surface area (Å²) in [5.74, 6) is 0. The Bertz CT molecular complexity index is 405. The van der Waals surface area contributed by atoms with Gasteiger partial charge < -0.3 is 5.32 Å². The number of hydrogen-bond acceptors (Lipinski definition) is 1. The minimum atomic E-state index is 0.236. The predicted molar refractivity (Wildman–Crippen MR) is 75.3 cm³/mol. The molecule has 1 aromatic carbocycles. The summed E-state index contributed by atoms with van der Waals surface area (Å²) in [6.45, 7) is 8.73. The summed E-state index contributed by atoms with van der Waals surface area (Å²) in [5, 5.41) is 4.26. The summed E-state index contributed by atoms with van der Waals surface area (Å²) < 4.78 is 0. The second-order valence-electron chi connectivity index (χ2n) is 4.95. The van der Waals surface area contributed by atoms with Crippen molar-refractivity contribution in [3.8, 4) is 0 Å². The van der Waals surface area contributed by atoms with E-state index in [1.807, 2.05) is 18.2 Å². The van der Waals surface area contributed by atoms with E-state index in [0.717, 1.165) is 18.1 Å². The van der Waals surface area contributed by atoms with Crippen LogP contribution in [0.15, 0.2) is 30.8 Å². The Hall–Kier alpha value is -0.790. The standard InChI is InChI=1S/C15H20ClN/c1-3-7-15(8-9-17-11-15)12(2)13-5-4-6-14(16)10-13/h4-6,10,17H,2-3,7-9,11H2,1H3. The highest BCUT2D eigenvalue weighted by molar-refractivity contribution is 6.30. The monoisotopic (exact) mass is 249 g/mol. The second-order valence-corrected chi connectivity index (χ2v) is 5.38. The fraction of sp³-hybridized carbons (Fsp3) is 0.467. The Labute approximate surface area is 109 Å². The van der Waals surface area contributed by atoms with Crippen LogP contribution < -0.4 is 5.32 Å². The molecule has 2 rings (SSSR count). The maximum atomic E-state index is 6.06. The Kier molecular flexibility index (Phi) is 3.90. The van der Waals surface area contributed by atoms with Crippen LogP contribution in [0.5, 0.6) is 0 Å². The average Bonchev–Trinajstić information content (AvgIpc) is 2.78. The zero-order valence-electron chi connectivity index (χ0n) is 10.4. The normalized spacial score (nSPS) is 23.9. The van der Waals surface area contributed by atoms with Gasteiger partial charge in [-0.3, -0.25) is 0 Å². The van der Waals surface area contributed by atoms with Crippen molar-refractivity contribution in [2.45, 2.75) is 26.2 Å². The van der Waals surface area contributed by atoms with Crippen LogP contribution >= 0.6 is 11.6 Å². The van der Waals surface area contributed by atoms with Crippen LogP contribution in [-0.2, 0) is 0 Å². The highest BCUT2D eigenvalue weighted by atomic mass is 35.5. The highest BCUT2D eigenvalue weighted by Gasteiger charge is 2.35. The van der Waals surface area contributed by atoms with E-state index in [-0.39, 0.29) is 5.41 Å². The summed E-state index contributed by atoms with van der Waals surface area (Å²) in [4.78, 5) is 0. The van der Waals surface area contributed by atoms with E-state index >= 15 is 0 Å². The first-order valence-corrected chi connectivity index (χ1v) is 6.72. The van der Waals surface area contributed by atoms with Gasteiger partial charge in [-0.15, -0.1) is 0 Å². The van der Waals surface area contributed by atoms with E-state index in [0.29, 0.717) is 0 Å². The molecule has 1 aromatic rings. The van der Waals surface area contributed by atoms with Crippen molar-refractivity contribution in [2.24, 2.45) is 5.41 Å². The summed E-state index contributed by atoms with van der Waals surface area (Å²) in [6, 6.07) is 8.06. The first kappa shape index (κ1) is 12.7. The minimum absolute atomic E-state index is 0.236. The maximum absolute atomic E-state index is 6.06. The van der Waals surface area contributed by atoms with Gasteiger partial charge in [-0.05, 0) is 42.7 Å². The molecule has 0 amide bonds. The van der Waals surface area contributed by atoms with Gasteiger partial charge >= 0.3 is 0 Å². The first-order valence-electron chi connectivity index (χ1n) is 6.34. The molecule has 1 aliphatic rings. The molecule has 1 N–H and O–H groups in total. The zero-order valence-corrected chi connectivity index (χ0v) is 11.2. The smallest absolute Gasteiger partial charge is 0.0412 e. The summed E-state index contributed by atoms with van der Waals surface area (Å²) in [7, 11) is 0. The SMILES string of the molecule is C=C(c1cccc(Cl)c1)C1(CCC)CCNC1. The van der Waals surface area contributed by atoms with Gasteiger partial charge in [0.2, 0.25) is 0 Å². The van der Waals surface area contributed by atoms with Crippen LogP contribution in [-0.4, -0.2) is 13.1 Å². The fourth-order valence-corrected chi connectivity index (χ4v) is 3.02. The van der Waals surface area contributed by atoms with Gasteiger partial charge in [0.25, 0.3) is 0 Å². The molecule has 1 nitrogen and oxygen atoms in total. The van der Waals surface area contributed by atoms with Gasteiger partial charge in [0.05, 0.1) is 0 Å². The average molecular weight is 250 g/mol. The third kappa shape index (κ3) is 2.56. The first-order chi connectivity index (χ1) is 8.18. The molecule has 1 saturated heterocycles. The van der Waals surface area contributed by atoms with E-state index in [2.05, 4.69) is 24.9 Å². The van der Waals surface area contributed by atoms with Crippen LogP contribution in [0.1, 0.15) is 31.7 Å². The minimum Gasteiger partial charge on any atom is -0.316 e. The highest BCUT2D eigenvalue weighted by Crippen LogP contribution is 2.43. The number of rotatable bonds is 4. The molecule has 0 radical (unpaired) electrons. The van der Waals surface area contributed by atoms with Crippen molar-refractivity contribution in [3.05, 3.63) is 41.4 Å². The molecular formula is C15H20ClN. The van der Waals surface area contributed by atoms with Crippen molar-refractivity contribution in [1.29, 1.82) is 0 Å². The van der Waals surface area contributed by atoms with Gasteiger partial charge in [-0.2, -0.15) is 0 Å². The maximum Gasteiger partial charge on any atom is 0.0412 e. The Morgan fingerprint density at radius 3 is 2.94 bits per heavy atom. The van der Waals surface area contributed by atoms with Gasteiger partial charge in [0.1, 0.15) is 0 Å². The summed E-state index contributed by atoms with van der Waals surface area (Å²) >= 11 is 6.06. The summed E-state index contributed by atoms with van der Waals surface area (Å²) in [6.07, 6.45) is 3.58. The van der Waals surface area contributed by atoms with Crippen LogP contribution in [0, 0.1) is 5.41 Å². The molecule has 2 heteroatoms. The van der Waals surface area contributed by atoms with Crippen molar-refractivity contribution in [1.82, 2.24) is 5.32 Å². The van der Waals surface area contributed by atoms with Crippen LogP contribution in [0.3, 0.4) is 0 Å². The molecular weight excluding hydrogens is 230 g/mol. The van der Waals surface area contributed by atoms with Crippen molar-refractivity contribution >= 4 is 17.2 Å².